The van der Waals surface area contributed by atoms with E-state index in [9.17, 15) is 4.79 Å². The van der Waals surface area contributed by atoms with Gasteiger partial charge in [0.2, 0.25) is 5.91 Å². The molecule has 1 amide bonds. The monoisotopic (exact) mass is 431 g/mol. The maximum Gasteiger partial charge on any atom is 0.235 e. The van der Waals surface area contributed by atoms with E-state index in [1.54, 1.807) is 25.6 Å². The summed E-state index contributed by atoms with van der Waals surface area (Å²) in [7, 11) is 1.63. The number of carbonyl (C=O) groups is 1. The molecule has 2 heterocycles. The zero-order chi connectivity index (χ0) is 21.6. The van der Waals surface area contributed by atoms with Crippen molar-refractivity contribution in [1.82, 2.24) is 15.3 Å². The number of nitrogens with one attached hydrogen (secondary N) is 1. The topological polar surface area (TPSA) is 88.8 Å². The van der Waals surface area contributed by atoms with Crippen LogP contribution in [0.15, 0.2) is 82.1 Å². The van der Waals surface area contributed by atoms with Crippen molar-refractivity contribution in [2.24, 2.45) is 9.98 Å². The Hall–Kier alpha value is -3.52. The van der Waals surface area contributed by atoms with Crippen LogP contribution in [0.25, 0.3) is 0 Å². The summed E-state index contributed by atoms with van der Waals surface area (Å²) < 4.78 is 5.28. The first-order chi connectivity index (χ1) is 15.1. The Labute approximate surface area is 184 Å². The van der Waals surface area contributed by atoms with Crippen LogP contribution in [0.1, 0.15) is 18.4 Å². The standard InChI is InChI=1S/C23H21N5O2S/c1-15-21(16-8-10-17(30-2)11-9-16)22(27-19-7-4-3-6-18(19)26-15)28-20(29)14-31-23-24-12-5-13-25-23/h3-13,21H,14H2,1-2H3,(H,27,28,29)/t21-/m1/s1. The van der Waals surface area contributed by atoms with Crippen LogP contribution >= 0.6 is 11.8 Å². The fourth-order valence-electron chi connectivity index (χ4n) is 3.26. The number of nitrogens with zero attached hydrogens (tertiary/aromatic N) is 4. The summed E-state index contributed by atoms with van der Waals surface area (Å²) in [6, 6.07) is 17.1. The molecule has 156 valence electrons. The Balaban J connectivity index is 1.64. The maximum atomic E-state index is 12.8. The predicted molar refractivity (Wildman–Crippen MR) is 123 cm³/mol. The molecule has 0 aliphatic carbocycles. The largest absolute Gasteiger partial charge is 0.497 e. The average Bonchev–Trinajstić information content (AvgIpc) is 2.93. The van der Waals surface area contributed by atoms with Crippen molar-refractivity contribution in [3.63, 3.8) is 0 Å². The van der Waals surface area contributed by atoms with Gasteiger partial charge < -0.3 is 10.1 Å². The number of fused-ring (bicyclic) bond motifs is 1. The molecule has 1 atom stereocenters. The van der Waals surface area contributed by atoms with Gasteiger partial charge in [-0.1, -0.05) is 36.0 Å². The molecule has 31 heavy (non-hydrogen) atoms. The van der Waals surface area contributed by atoms with Crippen LogP contribution in [0, 0.1) is 0 Å². The lowest BCUT2D eigenvalue weighted by molar-refractivity contribution is -0.117. The number of hydrogen-bond acceptors (Lipinski definition) is 7. The van der Waals surface area contributed by atoms with E-state index in [1.165, 1.54) is 11.8 Å². The van der Waals surface area contributed by atoms with Gasteiger partial charge in [-0.3, -0.25) is 9.79 Å². The molecule has 0 radical (unpaired) electrons. The van der Waals surface area contributed by atoms with Crippen LogP contribution in [-0.2, 0) is 4.79 Å². The third-order valence-corrected chi connectivity index (χ3v) is 5.58. The van der Waals surface area contributed by atoms with Crippen molar-refractivity contribution < 1.29 is 9.53 Å². The Morgan fingerprint density at radius 1 is 1.00 bits per heavy atom. The van der Waals surface area contributed by atoms with Gasteiger partial charge in [0.25, 0.3) is 0 Å². The second kappa shape index (κ2) is 9.53. The molecule has 0 saturated carbocycles. The first kappa shape index (κ1) is 20.7. The SMILES string of the molecule is COc1ccc([C@H]2C(C)=Nc3ccccc3N=C2NC(=O)CSc2ncccn2)cc1. The molecule has 1 aromatic heterocycles. The van der Waals surface area contributed by atoms with Gasteiger partial charge in [-0.15, -0.1) is 0 Å². The smallest absolute Gasteiger partial charge is 0.235 e. The second-order valence-corrected chi connectivity index (χ2v) is 7.76. The van der Waals surface area contributed by atoms with Gasteiger partial charge in [-0.2, -0.15) is 0 Å². The van der Waals surface area contributed by atoms with Crippen molar-refractivity contribution in [2.45, 2.75) is 18.0 Å². The molecule has 2 aromatic carbocycles. The van der Waals surface area contributed by atoms with E-state index in [-0.39, 0.29) is 17.6 Å². The minimum Gasteiger partial charge on any atom is -0.497 e. The molecular weight excluding hydrogens is 410 g/mol. The third-order valence-electron chi connectivity index (χ3n) is 4.70. The minimum atomic E-state index is -0.291. The zero-order valence-electron chi connectivity index (χ0n) is 17.1. The molecule has 8 heteroatoms. The van der Waals surface area contributed by atoms with E-state index < -0.39 is 0 Å². The summed E-state index contributed by atoms with van der Waals surface area (Å²) in [6.07, 6.45) is 3.30. The number of para-hydroxylation sites is 2. The van der Waals surface area contributed by atoms with Crippen molar-refractivity contribution in [3.8, 4) is 5.75 Å². The van der Waals surface area contributed by atoms with Crippen LogP contribution in [0.4, 0.5) is 11.4 Å². The van der Waals surface area contributed by atoms with Gasteiger partial charge in [-0.25, -0.2) is 15.0 Å². The van der Waals surface area contributed by atoms with Crippen LogP contribution in [-0.4, -0.2) is 40.3 Å². The normalized spacial score (nSPS) is 15.2. The lowest BCUT2D eigenvalue weighted by atomic mass is 9.93. The Morgan fingerprint density at radius 3 is 2.35 bits per heavy atom. The number of rotatable bonds is 5. The maximum absolute atomic E-state index is 12.8. The highest BCUT2D eigenvalue weighted by Crippen LogP contribution is 2.34. The number of amides is 1. The Kier molecular flexibility index (Phi) is 6.37. The molecule has 1 N–H and O–H groups in total. The predicted octanol–water partition coefficient (Wildman–Crippen LogP) is 4.31. The summed E-state index contributed by atoms with van der Waals surface area (Å²) >= 11 is 1.27. The molecule has 0 spiro atoms. The highest BCUT2D eigenvalue weighted by atomic mass is 32.2. The summed E-state index contributed by atoms with van der Waals surface area (Å²) in [6.45, 7) is 1.95. The molecule has 3 aromatic rings. The number of carbonyl (C=O) groups excluding carboxylic acids is 1. The Bertz CT molecular complexity index is 1130. The minimum absolute atomic E-state index is 0.177. The van der Waals surface area contributed by atoms with Crippen molar-refractivity contribution in [2.75, 3.05) is 12.9 Å². The van der Waals surface area contributed by atoms with Gasteiger partial charge in [0.15, 0.2) is 5.16 Å². The van der Waals surface area contributed by atoms with Gasteiger partial charge in [0.05, 0.1) is 30.2 Å². The highest BCUT2D eigenvalue weighted by Gasteiger charge is 2.26. The van der Waals surface area contributed by atoms with E-state index >= 15 is 0 Å². The molecule has 1 aliphatic heterocycles. The fourth-order valence-corrected chi connectivity index (χ4v) is 3.87. The number of hydrogen-bond donors (Lipinski definition) is 1. The van der Waals surface area contributed by atoms with E-state index in [0.717, 1.165) is 22.7 Å². The molecular formula is C23H21N5O2S. The van der Waals surface area contributed by atoms with Gasteiger partial charge >= 0.3 is 0 Å². The molecule has 7 nitrogen and oxygen atoms in total. The summed E-state index contributed by atoms with van der Waals surface area (Å²) in [5, 5.41) is 3.55. The second-order valence-electron chi connectivity index (χ2n) is 6.81. The lowest BCUT2D eigenvalue weighted by Crippen LogP contribution is -2.38. The molecule has 0 saturated heterocycles. The first-order valence-corrected chi connectivity index (χ1v) is 10.7. The number of aliphatic imine (C=N–C) groups is 2. The number of ether oxygens (including phenoxy) is 1. The van der Waals surface area contributed by atoms with Crippen molar-refractivity contribution in [3.05, 3.63) is 72.6 Å². The summed E-state index contributed by atoms with van der Waals surface area (Å²) in [5.74, 6) is 1.01. The summed E-state index contributed by atoms with van der Waals surface area (Å²) in [4.78, 5) is 30.6. The third kappa shape index (κ3) is 4.97. The van der Waals surface area contributed by atoms with E-state index in [4.69, 9.17) is 14.7 Å². The molecule has 0 bridgehead atoms. The molecule has 1 aliphatic rings. The highest BCUT2D eigenvalue weighted by molar-refractivity contribution is 7.99. The fraction of sp³-hybridized carbons (Fsp3) is 0.174. The van der Waals surface area contributed by atoms with Gasteiger partial charge in [0, 0.05) is 18.1 Å². The van der Waals surface area contributed by atoms with Gasteiger partial charge in [-0.05, 0) is 42.8 Å². The van der Waals surface area contributed by atoms with Gasteiger partial charge in [0.1, 0.15) is 11.6 Å². The number of amidine groups is 1. The lowest BCUT2D eigenvalue weighted by Gasteiger charge is -2.19. The molecule has 0 fully saturated rings. The quantitative estimate of drug-likeness (QED) is 0.480. The van der Waals surface area contributed by atoms with Crippen LogP contribution in [0.5, 0.6) is 5.75 Å². The van der Waals surface area contributed by atoms with Crippen LogP contribution in [0.3, 0.4) is 0 Å². The zero-order valence-corrected chi connectivity index (χ0v) is 18.0. The average molecular weight is 432 g/mol. The van der Waals surface area contributed by atoms with Crippen molar-refractivity contribution in [1.29, 1.82) is 0 Å². The van der Waals surface area contributed by atoms with E-state index in [2.05, 4.69) is 15.3 Å². The first-order valence-electron chi connectivity index (χ1n) is 9.70. The summed E-state index contributed by atoms with van der Waals surface area (Å²) in [5.41, 5.74) is 3.29. The number of benzene rings is 2. The van der Waals surface area contributed by atoms with E-state index in [0.29, 0.717) is 16.7 Å². The number of thioether (sulfide) groups is 1. The van der Waals surface area contributed by atoms with Crippen LogP contribution < -0.4 is 10.1 Å². The van der Waals surface area contributed by atoms with E-state index in [1.807, 2.05) is 55.5 Å². The molecule has 0 unspecified atom stereocenters. The van der Waals surface area contributed by atoms with Crippen LogP contribution in [0.2, 0.25) is 0 Å². The molecule has 4 rings (SSSR count). The number of methoxy groups -OCH3 is 1. The van der Waals surface area contributed by atoms with Crippen molar-refractivity contribution >= 4 is 40.6 Å². The Morgan fingerprint density at radius 2 is 1.68 bits per heavy atom. The number of aromatic nitrogens is 2.